The summed E-state index contributed by atoms with van der Waals surface area (Å²) in [7, 11) is 0. The molecule has 2 heterocycles. The number of anilines is 1. The van der Waals surface area contributed by atoms with Crippen LogP contribution in [0.5, 0.6) is 0 Å². The summed E-state index contributed by atoms with van der Waals surface area (Å²) in [6.45, 7) is 0. The van der Waals surface area contributed by atoms with Crippen molar-refractivity contribution in [2.24, 2.45) is 0 Å². The molecular weight excluding hydrogens is 347 g/mol. The van der Waals surface area contributed by atoms with Gasteiger partial charge in [0.05, 0.1) is 17.6 Å². The Morgan fingerprint density at radius 2 is 1.79 bits per heavy atom. The van der Waals surface area contributed by atoms with Gasteiger partial charge in [0, 0.05) is 23.8 Å². The Balaban J connectivity index is 1.63. The molecule has 0 atom stereocenters. The minimum Gasteiger partial charge on any atom is -0.322 e. The first-order valence-electron chi connectivity index (χ1n) is 7.32. The molecule has 1 N–H and O–H groups in total. The number of nitrogens with zero attached hydrogens (tertiary/aromatic N) is 3. The summed E-state index contributed by atoms with van der Waals surface area (Å²) in [4.78, 5) is 16.1. The van der Waals surface area contributed by atoms with Gasteiger partial charge in [0.2, 0.25) is 5.91 Å². The number of hydrogen-bond donors (Lipinski definition) is 1. The maximum atomic E-state index is 12.1. The zero-order chi connectivity index (χ0) is 16.9. The number of benzene rings is 1. The Morgan fingerprint density at radius 3 is 2.50 bits per heavy atom. The van der Waals surface area contributed by atoms with Crippen LogP contribution in [0.4, 0.5) is 5.69 Å². The van der Waals surface area contributed by atoms with Crippen molar-refractivity contribution < 1.29 is 4.79 Å². The molecule has 1 aromatic carbocycles. The van der Waals surface area contributed by atoms with Crippen LogP contribution >= 0.6 is 23.2 Å². The summed E-state index contributed by atoms with van der Waals surface area (Å²) >= 11 is 12.1. The van der Waals surface area contributed by atoms with Gasteiger partial charge < -0.3 is 5.32 Å². The number of carbonyl (C=O) groups is 1. The largest absolute Gasteiger partial charge is 0.322 e. The fourth-order valence-corrected chi connectivity index (χ4v) is 2.57. The topological polar surface area (TPSA) is 59.8 Å². The molecule has 0 saturated carbocycles. The molecule has 24 heavy (non-hydrogen) atoms. The first kappa shape index (κ1) is 16.5. The van der Waals surface area contributed by atoms with E-state index in [0.29, 0.717) is 28.7 Å². The van der Waals surface area contributed by atoms with E-state index in [1.165, 1.54) is 10.9 Å². The van der Waals surface area contributed by atoms with E-state index in [2.05, 4.69) is 15.4 Å². The lowest BCUT2D eigenvalue weighted by molar-refractivity contribution is -0.116. The molecule has 7 heteroatoms. The quantitative estimate of drug-likeness (QED) is 0.743. The van der Waals surface area contributed by atoms with E-state index in [1.807, 2.05) is 24.3 Å². The highest BCUT2D eigenvalue weighted by Crippen LogP contribution is 2.24. The molecule has 5 nitrogen and oxygen atoms in total. The van der Waals surface area contributed by atoms with Crippen molar-refractivity contribution in [3.05, 3.63) is 70.7 Å². The van der Waals surface area contributed by atoms with E-state index >= 15 is 0 Å². The third kappa shape index (κ3) is 3.93. The maximum absolute atomic E-state index is 12.1. The number of aryl methyl sites for hydroxylation is 1. The van der Waals surface area contributed by atoms with E-state index in [1.54, 1.807) is 24.5 Å². The minimum absolute atomic E-state index is 0.124. The van der Waals surface area contributed by atoms with Gasteiger partial charge in [0.1, 0.15) is 0 Å². The molecule has 0 bridgehead atoms. The summed E-state index contributed by atoms with van der Waals surface area (Å²) in [6.07, 6.45) is 5.80. The van der Waals surface area contributed by atoms with Crippen LogP contribution in [0.3, 0.4) is 0 Å². The van der Waals surface area contributed by atoms with E-state index in [-0.39, 0.29) is 5.91 Å². The zero-order valence-corrected chi connectivity index (χ0v) is 14.1. The smallest absolute Gasteiger partial charge is 0.224 e. The normalized spacial score (nSPS) is 10.6. The van der Waals surface area contributed by atoms with Gasteiger partial charge in [0.15, 0.2) is 5.15 Å². The van der Waals surface area contributed by atoms with Crippen molar-refractivity contribution in [3.63, 3.8) is 0 Å². The average Bonchev–Trinajstić information content (AvgIpc) is 2.96. The molecule has 3 aromatic rings. The molecule has 0 radical (unpaired) electrons. The van der Waals surface area contributed by atoms with Crippen molar-refractivity contribution in [2.75, 3.05) is 5.32 Å². The monoisotopic (exact) mass is 360 g/mol. The second-order valence-electron chi connectivity index (χ2n) is 5.14. The summed E-state index contributed by atoms with van der Waals surface area (Å²) in [5, 5.41) is 8.01. The van der Waals surface area contributed by atoms with Crippen LogP contribution in [-0.2, 0) is 11.2 Å². The number of carbonyl (C=O) groups excluding carboxylic acids is 1. The summed E-state index contributed by atoms with van der Waals surface area (Å²) in [6, 6.07) is 11.0. The number of pyridine rings is 1. The van der Waals surface area contributed by atoms with E-state index in [4.69, 9.17) is 23.2 Å². The molecule has 0 spiro atoms. The van der Waals surface area contributed by atoms with Crippen LogP contribution in [0.1, 0.15) is 12.0 Å². The SMILES string of the molecule is O=C(CCc1ccc(Cl)cc1)Nc1cnn(-c2ccncc2)c1Cl. The second-order valence-corrected chi connectivity index (χ2v) is 5.94. The lowest BCUT2D eigenvalue weighted by atomic mass is 10.1. The minimum atomic E-state index is -0.124. The van der Waals surface area contributed by atoms with E-state index < -0.39 is 0 Å². The Labute approximate surface area is 149 Å². The second kappa shape index (κ2) is 7.47. The molecule has 0 unspecified atom stereocenters. The highest BCUT2D eigenvalue weighted by atomic mass is 35.5. The molecule has 0 aliphatic carbocycles. The first-order chi connectivity index (χ1) is 11.6. The van der Waals surface area contributed by atoms with Gasteiger partial charge in [-0.25, -0.2) is 4.68 Å². The summed E-state index contributed by atoms with van der Waals surface area (Å²) in [5.74, 6) is -0.124. The van der Waals surface area contributed by atoms with Crippen LogP contribution in [0.25, 0.3) is 5.69 Å². The predicted octanol–water partition coefficient (Wildman–Crippen LogP) is 4.15. The average molecular weight is 361 g/mol. The van der Waals surface area contributed by atoms with Crippen LogP contribution in [0, 0.1) is 0 Å². The predicted molar refractivity (Wildman–Crippen MR) is 94.8 cm³/mol. The summed E-state index contributed by atoms with van der Waals surface area (Å²) in [5.41, 5.74) is 2.30. The van der Waals surface area contributed by atoms with Gasteiger partial charge in [0.25, 0.3) is 0 Å². The van der Waals surface area contributed by atoms with Crippen molar-refractivity contribution in [3.8, 4) is 5.69 Å². The molecule has 3 rings (SSSR count). The van der Waals surface area contributed by atoms with E-state index in [9.17, 15) is 4.79 Å². The molecular formula is C17H14Cl2N4O. The number of halogens is 2. The maximum Gasteiger partial charge on any atom is 0.224 e. The Kier molecular flexibility index (Phi) is 5.13. The number of aromatic nitrogens is 3. The zero-order valence-electron chi connectivity index (χ0n) is 12.6. The van der Waals surface area contributed by atoms with Crippen molar-refractivity contribution in [1.29, 1.82) is 0 Å². The Hall–Kier alpha value is -2.37. The van der Waals surface area contributed by atoms with Crippen molar-refractivity contribution in [2.45, 2.75) is 12.8 Å². The van der Waals surface area contributed by atoms with Crippen molar-refractivity contribution >= 4 is 34.8 Å². The molecule has 0 saturated heterocycles. The lowest BCUT2D eigenvalue weighted by Crippen LogP contribution is -2.12. The fraction of sp³-hybridized carbons (Fsp3) is 0.118. The van der Waals surface area contributed by atoms with Crippen LogP contribution in [0.15, 0.2) is 55.0 Å². The van der Waals surface area contributed by atoms with Gasteiger partial charge in [-0.15, -0.1) is 0 Å². The Morgan fingerprint density at radius 1 is 1.08 bits per heavy atom. The Bertz CT molecular complexity index is 832. The third-order valence-electron chi connectivity index (χ3n) is 3.45. The van der Waals surface area contributed by atoms with Crippen LogP contribution < -0.4 is 5.32 Å². The number of amides is 1. The van der Waals surface area contributed by atoms with Gasteiger partial charge in [-0.3, -0.25) is 9.78 Å². The number of nitrogens with one attached hydrogen (secondary N) is 1. The standard InChI is InChI=1S/C17H14Cl2N4O/c18-13-4-1-12(2-5-13)3-6-16(24)22-15-11-21-23(17(15)19)14-7-9-20-10-8-14/h1-2,4-5,7-11H,3,6H2,(H,22,24). The summed E-state index contributed by atoms with van der Waals surface area (Å²) < 4.78 is 1.54. The molecule has 2 aromatic heterocycles. The fourth-order valence-electron chi connectivity index (χ4n) is 2.20. The van der Waals surface area contributed by atoms with Crippen LogP contribution in [0.2, 0.25) is 10.2 Å². The van der Waals surface area contributed by atoms with E-state index in [0.717, 1.165) is 11.3 Å². The third-order valence-corrected chi connectivity index (χ3v) is 4.06. The molecule has 0 fully saturated rings. The molecule has 0 aliphatic rings. The first-order valence-corrected chi connectivity index (χ1v) is 8.07. The molecule has 122 valence electrons. The molecule has 1 amide bonds. The van der Waals surface area contributed by atoms with Gasteiger partial charge in [-0.2, -0.15) is 5.10 Å². The lowest BCUT2D eigenvalue weighted by Gasteiger charge is -2.05. The van der Waals surface area contributed by atoms with Crippen LogP contribution in [-0.4, -0.2) is 20.7 Å². The number of hydrogen-bond acceptors (Lipinski definition) is 3. The van der Waals surface area contributed by atoms with Crippen molar-refractivity contribution in [1.82, 2.24) is 14.8 Å². The van der Waals surface area contributed by atoms with Gasteiger partial charge in [-0.05, 0) is 36.2 Å². The highest BCUT2D eigenvalue weighted by molar-refractivity contribution is 6.33. The van der Waals surface area contributed by atoms with Gasteiger partial charge >= 0.3 is 0 Å². The molecule has 0 aliphatic heterocycles. The highest BCUT2D eigenvalue weighted by Gasteiger charge is 2.12. The number of rotatable bonds is 5. The van der Waals surface area contributed by atoms with Gasteiger partial charge in [-0.1, -0.05) is 35.3 Å².